The van der Waals surface area contributed by atoms with E-state index in [1.54, 1.807) is 17.0 Å². The van der Waals surface area contributed by atoms with Crippen molar-refractivity contribution < 1.29 is 4.39 Å². The van der Waals surface area contributed by atoms with Crippen LogP contribution in [-0.4, -0.2) is 20.1 Å². The maximum absolute atomic E-state index is 13.7. The van der Waals surface area contributed by atoms with Crippen LogP contribution in [0.4, 0.5) is 16.0 Å². The van der Waals surface area contributed by atoms with E-state index in [1.165, 1.54) is 18.2 Å². The van der Waals surface area contributed by atoms with Gasteiger partial charge in [0.05, 0.1) is 22.8 Å². The number of halogens is 1. The lowest BCUT2D eigenvalue weighted by atomic mass is 9.81. The zero-order valence-corrected chi connectivity index (χ0v) is 15.2. The number of rotatable bonds is 3. The summed E-state index contributed by atoms with van der Waals surface area (Å²) in [6.45, 7) is 2.04. The Morgan fingerprint density at radius 1 is 1.30 bits per heavy atom. The van der Waals surface area contributed by atoms with E-state index in [-0.39, 0.29) is 22.5 Å². The van der Waals surface area contributed by atoms with Crippen LogP contribution in [0.3, 0.4) is 0 Å². The molecule has 0 spiro atoms. The molecule has 1 aliphatic rings. The van der Waals surface area contributed by atoms with E-state index < -0.39 is 5.82 Å². The fraction of sp³-hybridized carbons (Fsp3) is 0.350. The lowest BCUT2D eigenvalue weighted by molar-refractivity contribution is 0.250. The van der Waals surface area contributed by atoms with Crippen LogP contribution in [-0.2, 0) is 0 Å². The van der Waals surface area contributed by atoms with Crippen LogP contribution in [0.15, 0.2) is 47.5 Å². The topological polar surface area (TPSA) is 85.8 Å². The van der Waals surface area contributed by atoms with Crippen LogP contribution in [0.25, 0.3) is 10.9 Å². The molecule has 0 bridgehead atoms. The Balaban J connectivity index is 1.84. The van der Waals surface area contributed by atoms with Gasteiger partial charge < -0.3 is 11.1 Å². The molecule has 6 nitrogen and oxygen atoms in total. The predicted octanol–water partition coefficient (Wildman–Crippen LogP) is 3.51. The number of nitrogens with one attached hydrogen (secondary N) is 1. The summed E-state index contributed by atoms with van der Waals surface area (Å²) < 4.78 is 15.4. The first-order valence-corrected chi connectivity index (χ1v) is 9.11. The third kappa shape index (κ3) is 3.55. The quantitative estimate of drug-likeness (QED) is 0.740. The van der Waals surface area contributed by atoms with E-state index in [1.807, 2.05) is 19.1 Å². The van der Waals surface area contributed by atoms with Gasteiger partial charge >= 0.3 is 0 Å². The molecular formula is C20H22FN5O. The minimum absolute atomic E-state index is 0.0338. The van der Waals surface area contributed by atoms with Crippen LogP contribution in [0.5, 0.6) is 0 Å². The molecule has 4 rings (SSSR count). The molecule has 2 aromatic heterocycles. The van der Waals surface area contributed by atoms with Gasteiger partial charge in [0.15, 0.2) is 0 Å². The number of fused-ring (bicyclic) bond motifs is 1. The number of hydrogen-bond acceptors (Lipinski definition) is 5. The number of pyridine rings is 1. The van der Waals surface area contributed by atoms with E-state index >= 15 is 0 Å². The Kier molecular flexibility index (Phi) is 4.39. The molecule has 7 heteroatoms. The molecule has 1 fully saturated rings. The SMILES string of the molecule is CC1(N)CCC(n2c(Nc3cccnc3)nc3ccc(F)cc3c2=O)CC1. The summed E-state index contributed by atoms with van der Waals surface area (Å²) in [5.74, 6) is -0.00294. The van der Waals surface area contributed by atoms with Gasteiger partial charge in [-0.3, -0.25) is 14.3 Å². The van der Waals surface area contributed by atoms with Crippen molar-refractivity contribution >= 4 is 22.5 Å². The van der Waals surface area contributed by atoms with Crippen molar-refractivity contribution in [1.82, 2.24) is 14.5 Å². The lowest BCUT2D eigenvalue weighted by Crippen LogP contribution is -2.42. The van der Waals surface area contributed by atoms with Gasteiger partial charge in [-0.2, -0.15) is 0 Å². The smallest absolute Gasteiger partial charge is 0.263 e. The van der Waals surface area contributed by atoms with E-state index in [2.05, 4.69) is 15.3 Å². The Hall–Kier alpha value is -2.80. The van der Waals surface area contributed by atoms with Crippen molar-refractivity contribution in [2.75, 3.05) is 5.32 Å². The summed E-state index contributed by atoms with van der Waals surface area (Å²) in [6, 6.07) is 7.73. The first-order valence-electron chi connectivity index (χ1n) is 9.11. The summed E-state index contributed by atoms with van der Waals surface area (Å²) in [6.07, 6.45) is 6.53. The molecular weight excluding hydrogens is 345 g/mol. The molecule has 1 aliphatic carbocycles. The molecule has 3 N–H and O–H groups in total. The largest absolute Gasteiger partial charge is 0.325 e. The van der Waals surface area contributed by atoms with E-state index in [4.69, 9.17) is 5.73 Å². The Morgan fingerprint density at radius 2 is 2.07 bits per heavy atom. The highest BCUT2D eigenvalue weighted by Gasteiger charge is 2.30. The maximum Gasteiger partial charge on any atom is 0.263 e. The second kappa shape index (κ2) is 6.74. The highest BCUT2D eigenvalue weighted by atomic mass is 19.1. The van der Waals surface area contributed by atoms with E-state index in [0.29, 0.717) is 11.5 Å². The number of nitrogens with two attached hydrogens (primary N) is 1. The number of anilines is 2. The summed E-state index contributed by atoms with van der Waals surface area (Å²) in [5.41, 5.74) is 6.99. The second-order valence-electron chi connectivity index (χ2n) is 7.52. The molecule has 2 heterocycles. The normalized spacial score (nSPS) is 22.7. The zero-order chi connectivity index (χ0) is 19.0. The monoisotopic (exact) mass is 367 g/mol. The number of nitrogens with zero attached hydrogens (tertiary/aromatic N) is 3. The molecule has 140 valence electrons. The number of hydrogen-bond donors (Lipinski definition) is 2. The molecule has 3 aromatic rings. The number of benzene rings is 1. The summed E-state index contributed by atoms with van der Waals surface area (Å²) in [4.78, 5) is 21.9. The molecule has 1 aromatic carbocycles. The molecule has 0 saturated heterocycles. The van der Waals surface area contributed by atoms with Gasteiger partial charge in [0.25, 0.3) is 5.56 Å². The average Bonchev–Trinajstić information content (AvgIpc) is 2.64. The predicted molar refractivity (Wildman–Crippen MR) is 104 cm³/mol. The Labute approximate surface area is 156 Å². The first-order chi connectivity index (χ1) is 12.9. The van der Waals surface area contributed by atoms with Gasteiger partial charge in [-0.25, -0.2) is 9.37 Å². The maximum atomic E-state index is 13.7. The second-order valence-corrected chi connectivity index (χ2v) is 7.52. The molecule has 0 radical (unpaired) electrons. The van der Waals surface area contributed by atoms with Crippen molar-refractivity contribution in [1.29, 1.82) is 0 Å². The fourth-order valence-corrected chi connectivity index (χ4v) is 3.68. The van der Waals surface area contributed by atoms with Crippen LogP contribution in [0, 0.1) is 5.82 Å². The summed E-state index contributed by atoms with van der Waals surface area (Å²) in [5, 5.41) is 3.49. The highest BCUT2D eigenvalue weighted by Crippen LogP contribution is 2.34. The van der Waals surface area contributed by atoms with Crippen molar-refractivity contribution in [3.8, 4) is 0 Å². The lowest BCUT2D eigenvalue weighted by Gasteiger charge is -2.35. The summed E-state index contributed by atoms with van der Waals surface area (Å²) >= 11 is 0. The molecule has 0 atom stereocenters. The highest BCUT2D eigenvalue weighted by molar-refractivity contribution is 5.79. The molecule has 0 aliphatic heterocycles. The van der Waals surface area contributed by atoms with Gasteiger partial charge in [-0.05, 0) is 62.9 Å². The van der Waals surface area contributed by atoms with Gasteiger partial charge in [-0.1, -0.05) is 0 Å². The molecule has 0 amide bonds. The number of aromatic nitrogens is 3. The van der Waals surface area contributed by atoms with Crippen LogP contribution in [0.2, 0.25) is 0 Å². The molecule has 27 heavy (non-hydrogen) atoms. The van der Waals surface area contributed by atoms with Crippen molar-refractivity contribution in [3.05, 3.63) is 58.9 Å². The van der Waals surface area contributed by atoms with Gasteiger partial charge in [0.1, 0.15) is 5.82 Å². The average molecular weight is 367 g/mol. The van der Waals surface area contributed by atoms with Crippen molar-refractivity contribution in [2.24, 2.45) is 5.73 Å². The van der Waals surface area contributed by atoms with Crippen LogP contribution < -0.4 is 16.6 Å². The third-order valence-corrected chi connectivity index (χ3v) is 5.24. The van der Waals surface area contributed by atoms with Crippen molar-refractivity contribution in [3.63, 3.8) is 0 Å². The first kappa shape index (κ1) is 17.6. The standard InChI is InChI=1S/C20H22FN5O/c1-20(22)8-6-15(7-9-20)26-18(27)16-11-13(21)4-5-17(16)25-19(26)24-14-3-2-10-23-12-14/h2-5,10-12,15H,6-9,22H2,1H3,(H,24,25). The van der Waals surface area contributed by atoms with Crippen LogP contribution >= 0.6 is 0 Å². The van der Waals surface area contributed by atoms with Gasteiger partial charge in [0.2, 0.25) is 5.95 Å². The minimum atomic E-state index is -0.445. The molecule has 1 saturated carbocycles. The van der Waals surface area contributed by atoms with E-state index in [0.717, 1.165) is 31.4 Å². The van der Waals surface area contributed by atoms with E-state index in [9.17, 15) is 9.18 Å². The van der Waals surface area contributed by atoms with Crippen molar-refractivity contribution in [2.45, 2.75) is 44.2 Å². The third-order valence-electron chi connectivity index (χ3n) is 5.24. The van der Waals surface area contributed by atoms with Gasteiger partial charge in [-0.15, -0.1) is 0 Å². The minimum Gasteiger partial charge on any atom is -0.325 e. The zero-order valence-electron chi connectivity index (χ0n) is 15.2. The Bertz CT molecular complexity index is 1020. The van der Waals surface area contributed by atoms with Gasteiger partial charge in [0, 0.05) is 17.8 Å². The summed E-state index contributed by atoms with van der Waals surface area (Å²) in [7, 11) is 0. The Morgan fingerprint density at radius 3 is 2.78 bits per heavy atom. The molecule has 0 unspecified atom stereocenters. The fourth-order valence-electron chi connectivity index (χ4n) is 3.68. The van der Waals surface area contributed by atoms with Crippen LogP contribution in [0.1, 0.15) is 38.6 Å².